The molecular weight excluding hydrogens is 205 g/mol. The molecule has 0 fully saturated rings. The van der Waals surface area contributed by atoms with E-state index < -0.39 is 0 Å². The Hall–Kier alpha value is 1.43. The van der Waals surface area contributed by atoms with Gasteiger partial charge >= 0.3 is 0 Å². The van der Waals surface area contributed by atoms with Crippen molar-refractivity contribution in [3.8, 4) is 0 Å². The smallest absolute Gasteiger partial charge is 0 e. The molecule has 0 spiro atoms. The van der Waals surface area contributed by atoms with E-state index in [9.17, 15) is 0 Å². The SMILES string of the molecule is O.O.[Fe].[Ni].[Ni]. The van der Waals surface area contributed by atoms with Gasteiger partial charge in [0.15, 0.2) is 0 Å². The van der Waals surface area contributed by atoms with Crippen molar-refractivity contribution < 1.29 is 61.0 Å². The van der Waals surface area contributed by atoms with E-state index in [-0.39, 0.29) is 61.0 Å². The molecule has 0 aliphatic heterocycles. The van der Waals surface area contributed by atoms with Gasteiger partial charge in [0.25, 0.3) is 0 Å². The summed E-state index contributed by atoms with van der Waals surface area (Å²) in [5, 5.41) is 0. The summed E-state index contributed by atoms with van der Waals surface area (Å²) in [5.41, 5.74) is 0. The van der Waals surface area contributed by atoms with Gasteiger partial charge in [-0.3, -0.25) is 0 Å². The summed E-state index contributed by atoms with van der Waals surface area (Å²) in [4.78, 5) is 0. The molecule has 0 bridgehead atoms. The Morgan fingerprint density at radius 1 is 0.600 bits per heavy atom. The van der Waals surface area contributed by atoms with Gasteiger partial charge in [-0.2, -0.15) is 0 Å². The predicted molar refractivity (Wildman–Crippen MR) is 7.23 cm³/mol. The third kappa shape index (κ3) is 31.3. The summed E-state index contributed by atoms with van der Waals surface area (Å²) in [6.45, 7) is 0. The van der Waals surface area contributed by atoms with E-state index in [1.807, 2.05) is 0 Å². The van der Waals surface area contributed by atoms with Gasteiger partial charge in [-0.1, -0.05) is 0 Å². The van der Waals surface area contributed by atoms with Crippen molar-refractivity contribution in [2.75, 3.05) is 0 Å². The van der Waals surface area contributed by atoms with Crippen molar-refractivity contribution in [2.24, 2.45) is 0 Å². The Labute approximate surface area is 61.0 Å². The molecule has 0 saturated carbocycles. The zero-order chi connectivity index (χ0) is 0. The van der Waals surface area contributed by atoms with E-state index in [2.05, 4.69) is 0 Å². The average molecular weight is 209 g/mol. The van der Waals surface area contributed by atoms with Crippen LogP contribution in [0.4, 0.5) is 0 Å². The second-order valence-electron chi connectivity index (χ2n) is 0. The van der Waals surface area contributed by atoms with Crippen LogP contribution in [0.25, 0.3) is 0 Å². The molecule has 2 nitrogen and oxygen atoms in total. The molecule has 0 atom stereocenters. The fourth-order valence-electron chi connectivity index (χ4n) is 0. The third-order valence-electron chi connectivity index (χ3n) is 0. The molecule has 0 aromatic rings. The zero-order valence-electron chi connectivity index (χ0n) is 1.99. The van der Waals surface area contributed by atoms with Gasteiger partial charge in [0.1, 0.15) is 0 Å². The first-order valence-corrected chi connectivity index (χ1v) is 0. The molecule has 0 aliphatic rings. The van der Waals surface area contributed by atoms with E-state index in [4.69, 9.17) is 0 Å². The molecule has 0 rings (SSSR count). The van der Waals surface area contributed by atoms with Gasteiger partial charge in [-0.05, 0) is 0 Å². The van der Waals surface area contributed by atoms with Crippen molar-refractivity contribution in [1.29, 1.82) is 0 Å². The van der Waals surface area contributed by atoms with Crippen molar-refractivity contribution >= 4 is 0 Å². The molecular formula is H4FeNi2O2. The van der Waals surface area contributed by atoms with Crippen molar-refractivity contribution in [2.45, 2.75) is 0 Å². The monoisotopic (exact) mass is 208 g/mol. The van der Waals surface area contributed by atoms with Crippen LogP contribution in [0.15, 0.2) is 0 Å². The van der Waals surface area contributed by atoms with Crippen LogP contribution in [-0.4, -0.2) is 11.0 Å². The first-order chi connectivity index (χ1) is 0. The first-order valence-electron chi connectivity index (χ1n) is 0. The fraction of sp³-hybridized carbons (Fsp3) is 0. The summed E-state index contributed by atoms with van der Waals surface area (Å²) in [7, 11) is 0. The maximum atomic E-state index is 0. The van der Waals surface area contributed by atoms with Crippen LogP contribution in [0.2, 0.25) is 0 Å². The standard InChI is InChI=1S/Fe.2Ni.2H2O/h;;;2*1H2. The molecule has 0 unspecified atom stereocenters. The van der Waals surface area contributed by atoms with Crippen LogP contribution in [0.5, 0.6) is 0 Å². The van der Waals surface area contributed by atoms with Crippen molar-refractivity contribution in [3.63, 3.8) is 0 Å². The number of hydrogen-bond acceptors (Lipinski definition) is 0. The van der Waals surface area contributed by atoms with E-state index in [1.54, 1.807) is 0 Å². The molecule has 0 aliphatic carbocycles. The summed E-state index contributed by atoms with van der Waals surface area (Å²) in [6.07, 6.45) is 0. The maximum Gasteiger partial charge on any atom is 0 e. The maximum absolute atomic E-state index is 0. The normalized spacial score (nSPS) is 0. The Morgan fingerprint density at radius 2 is 0.600 bits per heavy atom. The second kappa shape index (κ2) is 52.3. The summed E-state index contributed by atoms with van der Waals surface area (Å²) >= 11 is 0. The van der Waals surface area contributed by atoms with Crippen molar-refractivity contribution in [3.05, 3.63) is 0 Å². The van der Waals surface area contributed by atoms with E-state index in [0.29, 0.717) is 0 Å². The molecule has 0 radical (unpaired) electrons. The molecule has 0 heterocycles. The van der Waals surface area contributed by atoms with Gasteiger partial charge in [-0.25, -0.2) is 0 Å². The molecule has 0 amide bonds. The van der Waals surface area contributed by atoms with Gasteiger partial charge in [0, 0.05) is 50.1 Å². The molecule has 5 heavy (non-hydrogen) atoms. The molecule has 0 aromatic carbocycles. The predicted octanol–water partition coefficient (Wildman–Crippen LogP) is -1.66. The molecule has 4 N–H and O–H groups in total. The summed E-state index contributed by atoms with van der Waals surface area (Å²) in [5.74, 6) is 0. The van der Waals surface area contributed by atoms with Crippen LogP contribution < -0.4 is 0 Å². The summed E-state index contributed by atoms with van der Waals surface area (Å²) in [6, 6.07) is 0. The minimum atomic E-state index is 0. The molecule has 44 valence electrons. The van der Waals surface area contributed by atoms with Gasteiger partial charge < -0.3 is 11.0 Å². The second-order valence-corrected chi connectivity index (χ2v) is 0. The fourth-order valence-corrected chi connectivity index (χ4v) is 0. The Balaban J connectivity index is 0. The molecule has 0 saturated heterocycles. The Kier molecular flexibility index (Phi) is 972. The number of rotatable bonds is 0. The molecule has 0 aromatic heterocycles. The van der Waals surface area contributed by atoms with E-state index in [1.165, 1.54) is 0 Å². The zero-order valence-corrected chi connectivity index (χ0v) is 5.07. The average Bonchev–Trinajstić information content (AvgIpc) is 0. The topological polar surface area (TPSA) is 63.0 Å². The first kappa shape index (κ1) is 93.0. The minimum absolute atomic E-state index is 0. The number of hydrogen-bond donors (Lipinski definition) is 0. The van der Waals surface area contributed by atoms with Gasteiger partial charge in [0.2, 0.25) is 0 Å². The summed E-state index contributed by atoms with van der Waals surface area (Å²) < 4.78 is 0. The van der Waals surface area contributed by atoms with E-state index in [0.717, 1.165) is 0 Å². The van der Waals surface area contributed by atoms with E-state index >= 15 is 0 Å². The van der Waals surface area contributed by atoms with Crippen LogP contribution in [0.1, 0.15) is 0 Å². The van der Waals surface area contributed by atoms with Crippen LogP contribution in [-0.2, 0) is 50.1 Å². The molecule has 5 heteroatoms. The van der Waals surface area contributed by atoms with Crippen LogP contribution >= 0.6 is 0 Å². The Morgan fingerprint density at radius 3 is 0.600 bits per heavy atom. The minimum Gasteiger partial charge on any atom is -0.412 e. The quantitative estimate of drug-likeness (QED) is 0.429. The third-order valence-corrected chi connectivity index (χ3v) is 0. The van der Waals surface area contributed by atoms with Crippen LogP contribution in [0.3, 0.4) is 0 Å². The van der Waals surface area contributed by atoms with Gasteiger partial charge in [-0.15, -0.1) is 0 Å². The van der Waals surface area contributed by atoms with Crippen LogP contribution in [0, 0.1) is 0 Å². The van der Waals surface area contributed by atoms with Gasteiger partial charge in [0.05, 0.1) is 0 Å². The Bertz CT molecular complexity index is 7.61. The van der Waals surface area contributed by atoms with Crippen molar-refractivity contribution in [1.82, 2.24) is 0 Å². The largest absolute Gasteiger partial charge is 0.412 e.